The minimum atomic E-state index is -0.573. The fourth-order valence-electron chi connectivity index (χ4n) is 5.80. The van der Waals surface area contributed by atoms with Crippen LogP contribution in [0.4, 0.5) is 0 Å². The van der Waals surface area contributed by atoms with Crippen molar-refractivity contribution in [3.8, 4) is 0 Å². The number of esters is 1. The molecule has 0 aliphatic rings. The Morgan fingerprint density at radius 2 is 0.878 bits per heavy atom. The quantitative estimate of drug-likeness (QED) is 0.0399. The smallest absolute Gasteiger partial charge is 0.306 e. The zero-order valence-electron chi connectivity index (χ0n) is 32.4. The predicted molar refractivity (Wildman–Crippen MR) is 214 cm³/mol. The number of aliphatic hydroxyl groups is 1. The van der Waals surface area contributed by atoms with Crippen molar-refractivity contribution in [3.63, 3.8) is 0 Å². The Balaban J connectivity index is 3.50. The first-order valence-corrected chi connectivity index (χ1v) is 20.9. The van der Waals surface area contributed by atoms with Gasteiger partial charge in [-0.1, -0.05) is 203 Å². The molecule has 0 aliphatic carbocycles. The summed E-state index contributed by atoms with van der Waals surface area (Å²) in [4.78, 5) is 12.2. The van der Waals surface area contributed by atoms with Crippen LogP contribution in [-0.4, -0.2) is 37.0 Å². The van der Waals surface area contributed by atoms with E-state index in [9.17, 15) is 9.90 Å². The third kappa shape index (κ3) is 40.4. The number of hydrogen-bond donors (Lipinski definition) is 1. The number of carbonyl (C=O) groups is 1. The lowest BCUT2D eigenvalue weighted by atomic mass is 10.0. The Hall–Kier alpha value is -1.91. The van der Waals surface area contributed by atoms with E-state index in [1.807, 2.05) is 0 Å². The van der Waals surface area contributed by atoms with Crippen LogP contribution in [0, 0.1) is 0 Å². The third-order valence-corrected chi connectivity index (χ3v) is 8.88. The lowest BCUT2D eigenvalue weighted by Crippen LogP contribution is -2.27. The average Bonchev–Trinajstić information content (AvgIpc) is 3.11. The second-order valence-corrected chi connectivity index (χ2v) is 13.7. The van der Waals surface area contributed by atoms with Crippen LogP contribution in [0.1, 0.15) is 194 Å². The molecule has 0 fully saturated rings. The van der Waals surface area contributed by atoms with Gasteiger partial charge in [-0.3, -0.25) is 4.79 Å². The molecule has 4 heteroatoms. The van der Waals surface area contributed by atoms with Crippen molar-refractivity contribution in [2.24, 2.45) is 0 Å². The van der Waals surface area contributed by atoms with Crippen molar-refractivity contribution >= 4 is 5.97 Å². The Kier molecular flexibility index (Phi) is 40.6. The molecule has 0 heterocycles. The van der Waals surface area contributed by atoms with E-state index >= 15 is 0 Å². The van der Waals surface area contributed by atoms with E-state index in [0.29, 0.717) is 13.0 Å². The van der Waals surface area contributed by atoms with E-state index in [0.717, 1.165) is 51.4 Å². The number of aliphatic hydroxyl groups excluding tert-OH is 1. The van der Waals surface area contributed by atoms with Gasteiger partial charge in [0.1, 0.15) is 6.10 Å². The molecule has 0 radical (unpaired) electrons. The van der Waals surface area contributed by atoms with Crippen molar-refractivity contribution in [1.29, 1.82) is 0 Å². The van der Waals surface area contributed by atoms with Gasteiger partial charge in [0.05, 0.1) is 19.8 Å². The third-order valence-electron chi connectivity index (χ3n) is 8.88. The van der Waals surface area contributed by atoms with Crippen LogP contribution in [0.2, 0.25) is 0 Å². The van der Waals surface area contributed by atoms with Gasteiger partial charge in [0.15, 0.2) is 0 Å². The van der Waals surface area contributed by atoms with Crippen molar-refractivity contribution < 1.29 is 19.4 Å². The van der Waals surface area contributed by atoms with Crippen molar-refractivity contribution in [1.82, 2.24) is 0 Å². The highest BCUT2D eigenvalue weighted by atomic mass is 16.6. The molecule has 1 N–H and O–H groups in total. The molecule has 0 aromatic carbocycles. The summed E-state index contributed by atoms with van der Waals surface area (Å²) in [6.07, 6.45) is 55.9. The molecule has 0 spiro atoms. The van der Waals surface area contributed by atoms with E-state index in [1.165, 1.54) is 122 Å². The molecular formula is C45H80O4. The van der Waals surface area contributed by atoms with Crippen LogP contribution in [0.25, 0.3) is 0 Å². The summed E-state index contributed by atoms with van der Waals surface area (Å²) in [5.74, 6) is -0.224. The van der Waals surface area contributed by atoms with Crippen molar-refractivity contribution in [2.75, 3.05) is 19.8 Å². The molecule has 0 aromatic rings. The summed E-state index contributed by atoms with van der Waals surface area (Å²) >= 11 is 0. The zero-order valence-corrected chi connectivity index (χ0v) is 32.4. The Labute approximate surface area is 305 Å². The van der Waals surface area contributed by atoms with E-state index < -0.39 is 6.10 Å². The number of allylic oxidation sites excluding steroid dienone is 9. The van der Waals surface area contributed by atoms with Crippen molar-refractivity contribution in [2.45, 2.75) is 200 Å². The standard InChI is InChI=1S/C45H80O4/c1-3-5-7-9-11-13-15-17-19-21-22-23-24-25-26-28-30-32-34-36-38-40-45(47)49-44(42-46)43-48-41-39-37-35-33-31-29-27-20-18-16-14-12-10-8-6-4-2/h6,8,12,14,18,20,29,31,35,37,44,46H,3-5,7,9-11,13,15-17,19,21-28,30,32-34,36,38-43H2,1-2H3/b8-6-,14-12-,20-18-,31-29-,37-35-. The number of carbonyl (C=O) groups excluding carboxylic acids is 1. The molecule has 49 heavy (non-hydrogen) atoms. The van der Waals surface area contributed by atoms with Crippen LogP contribution in [0.15, 0.2) is 60.8 Å². The lowest BCUT2D eigenvalue weighted by molar-refractivity contribution is -0.154. The molecule has 1 atom stereocenters. The van der Waals surface area contributed by atoms with Gasteiger partial charge in [-0.25, -0.2) is 0 Å². The lowest BCUT2D eigenvalue weighted by Gasteiger charge is -2.15. The fraction of sp³-hybridized carbons (Fsp3) is 0.756. The second kappa shape index (κ2) is 42.3. The fourth-order valence-corrected chi connectivity index (χ4v) is 5.80. The normalized spacial score (nSPS) is 13.0. The molecule has 0 amide bonds. The first-order valence-electron chi connectivity index (χ1n) is 20.9. The number of unbranched alkanes of at least 4 members (excludes halogenated alkanes) is 20. The summed E-state index contributed by atoms with van der Waals surface area (Å²) in [6, 6.07) is 0. The minimum absolute atomic E-state index is 0.202. The van der Waals surface area contributed by atoms with E-state index in [2.05, 4.69) is 74.6 Å². The monoisotopic (exact) mass is 685 g/mol. The molecule has 0 saturated carbocycles. The second-order valence-electron chi connectivity index (χ2n) is 13.7. The first-order chi connectivity index (χ1) is 24.2. The van der Waals surface area contributed by atoms with Gasteiger partial charge in [0, 0.05) is 6.42 Å². The van der Waals surface area contributed by atoms with Gasteiger partial charge in [0.25, 0.3) is 0 Å². The van der Waals surface area contributed by atoms with Gasteiger partial charge in [-0.05, 0) is 44.9 Å². The van der Waals surface area contributed by atoms with Gasteiger partial charge < -0.3 is 14.6 Å². The number of rotatable bonds is 38. The Morgan fingerprint density at radius 1 is 0.510 bits per heavy atom. The molecule has 1 unspecified atom stereocenters. The highest BCUT2D eigenvalue weighted by Gasteiger charge is 2.13. The number of ether oxygens (including phenoxy) is 2. The van der Waals surface area contributed by atoms with Gasteiger partial charge >= 0.3 is 5.97 Å². The molecule has 284 valence electrons. The van der Waals surface area contributed by atoms with Crippen LogP contribution in [-0.2, 0) is 14.3 Å². The van der Waals surface area contributed by atoms with Crippen LogP contribution >= 0.6 is 0 Å². The molecule has 0 rings (SSSR count). The molecular weight excluding hydrogens is 604 g/mol. The Bertz CT molecular complexity index is 809. The van der Waals surface area contributed by atoms with Gasteiger partial charge in [-0.15, -0.1) is 0 Å². The first kappa shape index (κ1) is 47.1. The highest BCUT2D eigenvalue weighted by molar-refractivity contribution is 5.69. The largest absolute Gasteiger partial charge is 0.457 e. The zero-order chi connectivity index (χ0) is 35.6. The summed E-state index contributed by atoms with van der Waals surface area (Å²) in [5, 5.41) is 9.58. The SMILES string of the molecule is CC/C=C\C/C=C\C/C=C\C/C=C\C/C=C\CCOCC(CO)OC(=O)CCCCCCCCCCCCCCCCCCCCCCC. The summed E-state index contributed by atoms with van der Waals surface area (Å²) in [6.45, 7) is 5.04. The number of hydrogen-bond acceptors (Lipinski definition) is 4. The molecule has 0 saturated heterocycles. The highest BCUT2D eigenvalue weighted by Crippen LogP contribution is 2.15. The summed E-state index contributed by atoms with van der Waals surface area (Å²) in [5.41, 5.74) is 0. The summed E-state index contributed by atoms with van der Waals surface area (Å²) < 4.78 is 11.1. The van der Waals surface area contributed by atoms with Gasteiger partial charge in [-0.2, -0.15) is 0 Å². The van der Waals surface area contributed by atoms with Crippen molar-refractivity contribution in [3.05, 3.63) is 60.8 Å². The average molecular weight is 685 g/mol. The molecule has 0 aliphatic heterocycles. The molecule has 0 bridgehead atoms. The maximum absolute atomic E-state index is 12.2. The van der Waals surface area contributed by atoms with Crippen LogP contribution < -0.4 is 0 Å². The topological polar surface area (TPSA) is 55.8 Å². The molecule has 0 aromatic heterocycles. The summed E-state index contributed by atoms with van der Waals surface area (Å²) in [7, 11) is 0. The van der Waals surface area contributed by atoms with E-state index in [4.69, 9.17) is 9.47 Å². The van der Waals surface area contributed by atoms with Crippen LogP contribution in [0.5, 0.6) is 0 Å². The Morgan fingerprint density at radius 3 is 1.27 bits per heavy atom. The molecule has 4 nitrogen and oxygen atoms in total. The predicted octanol–water partition coefficient (Wildman–Crippen LogP) is 13.7. The maximum Gasteiger partial charge on any atom is 0.306 e. The van der Waals surface area contributed by atoms with E-state index in [1.54, 1.807) is 0 Å². The van der Waals surface area contributed by atoms with E-state index in [-0.39, 0.29) is 19.2 Å². The maximum atomic E-state index is 12.2. The van der Waals surface area contributed by atoms with Gasteiger partial charge in [0.2, 0.25) is 0 Å². The van der Waals surface area contributed by atoms with Crippen LogP contribution in [0.3, 0.4) is 0 Å². The minimum Gasteiger partial charge on any atom is -0.457 e.